The highest BCUT2D eigenvalue weighted by Crippen LogP contribution is 2.51. The number of aromatic hydroxyl groups is 1. The van der Waals surface area contributed by atoms with Crippen LogP contribution in [-0.4, -0.2) is 143 Å². The van der Waals surface area contributed by atoms with E-state index in [0.717, 1.165) is 79.7 Å². The summed E-state index contributed by atoms with van der Waals surface area (Å²) in [6.07, 6.45) is 19.4. The number of nitrogens with two attached hydrogens (primary N) is 2. The zero-order chi connectivity index (χ0) is 50.9. The van der Waals surface area contributed by atoms with Crippen LogP contribution in [0.3, 0.4) is 0 Å². The number of urea groups is 1. The minimum absolute atomic E-state index is 0.0545. The number of hydrogen-bond donors (Lipinski definition) is 7. The van der Waals surface area contributed by atoms with E-state index in [1.807, 2.05) is 50.2 Å². The van der Waals surface area contributed by atoms with E-state index in [-0.39, 0.29) is 41.6 Å². The Balaban J connectivity index is 0.733. The number of dihydropyridines is 1. The molecule has 384 valence electrons. The number of anilines is 2. The molecule has 1 saturated carbocycles. The van der Waals surface area contributed by atoms with Crippen molar-refractivity contribution in [2.24, 2.45) is 16.6 Å². The Kier molecular flexibility index (Phi) is 14.5. The smallest absolute Gasteiger partial charge is 0.318 e. The number of methoxy groups -OCH3 is 1. The van der Waals surface area contributed by atoms with Crippen LogP contribution in [0.5, 0.6) is 5.75 Å². The van der Waals surface area contributed by atoms with Crippen molar-refractivity contribution in [2.75, 3.05) is 83.3 Å². The molecular formula is C54H72N12O6. The van der Waals surface area contributed by atoms with E-state index in [0.29, 0.717) is 98.7 Å². The predicted molar refractivity (Wildman–Crippen MR) is 277 cm³/mol. The summed E-state index contributed by atoms with van der Waals surface area (Å²) in [5.74, 6) is 4.43. The van der Waals surface area contributed by atoms with Crippen LogP contribution in [0.2, 0.25) is 0 Å². The highest BCUT2D eigenvalue weighted by atomic mass is 16.5. The van der Waals surface area contributed by atoms with Gasteiger partial charge in [0, 0.05) is 104 Å². The molecule has 18 heteroatoms. The molecule has 3 atom stereocenters. The van der Waals surface area contributed by atoms with E-state index in [4.69, 9.17) is 37.3 Å². The largest absolute Gasteiger partial charge is 0.507 e. The summed E-state index contributed by atoms with van der Waals surface area (Å²) in [5, 5.41) is 19.8. The van der Waals surface area contributed by atoms with E-state index in [2.05, 4.69) is 43.6 Å². The van der Waals surface area contributed by atoms with Gasteiger partial charge in [-0.2, -0.15) is 0 Å². The molecule has 0 bridgehead atoms. The molecule has 3 unspecified atom stereocenters. The lowest BCUT2D eigenvalue weighted by Gasteiger charge is -2.61. The maximum Gasteiger partial charge on any atom is 0.318 e. The number of fused-ring (bicyclic) bond motifs is 1. The number of phenols is 1. The summed E-state index contributed by atoms with van der Waals surface area (Å²) in [6, 6.07) is 5.77. The van der Waals surface area contributed by atoms with Crippen molar-refractivity contribution in [2.45, 2.75) is 103 Å². The molecule has 9 N–H and O–H groups in total. The van der Waals surface area contributed by atoms with Gasteiger partial charge in [-0.25, -0.2) is 14.8 Å². The number of rotatable bonds is 14. The maximum atomic E-state index is 14.3. The first-order chi connectivity index (χ1) is 34.6. The van der Waals surface area contributed by atoms with Crippen LogP contribution < -0.4 is 32.3 Å². The van der Waals surface area contributed by atoms with Gasteiger partial charge in [-0.15, -0.1) is 6.42 Å². The second-order valence-electron chi connectivity index (χ2n) is 21.6. The Labute approximate surface area is 423 Å². The Bertz CT molecular complexity index is 2640. The van der Waals surface area contributed by atoms with Crippen molar-refractivity contribution in [3.05, 3.63) is 87.7 Å². The minimum Gasteiger partial charge on any atom is -0.507 e. The van der Waals surface area contributed by atoms with Crippen molar-refractivity contribution in [1.82, 2.24) is 45.6 Å². The molecule has 2 aromatic heterocycles. The predicted octanol–water partition coefficient (Wildman–Crippen LogP) is 4.59. The van der Waals surface area contributed by atoms with Gasteiger partial charge in [-0.1, -0.05) is 38.8 Å². The van der Waals surface area contributed by atoms with Gasteiger partial charge in [0.05, 0.1) is 24.9 Å². The summed E-state index contributed by atoms with van der Waals surface area (Å²) >= 11 is 0. The number of nitrogen functional groups attached to an aromatic ring is 1. The number of hydrogen-bond acceptors (Lipinski definition) is 13. The van der Waals surface area contributed by atoms with Crippen LogP contribution in [0, 0.1) is 23.2 Å². The third-order valence-electron chi connectivity index (χ3n) is 15.8. The van der Waals surface area contributed by atoms with Gasteiger partial charge < -0.3 is 66.6 Å². The van der Waals surface area contributed by atoms with Crippen molar-refractivity contribution in [1.29, 1.82) is 0 Å². The molecule has 6 aliphatic rings. The Morgan fingerprint density at radius 1 is 1.07 bits per heavy atom. The zero-order valence-corrected chi connectivity index (χ0v) is 42.4. The van der Waals surface area contributed by atoms with Crippen molar-refractivity contribution < 1.29 is 29.0 Å². The number of aromatic nitrogens is 3. The molecule has 7 heterocycles. The summed E-state index contributed by atoms with van der Waals surface area (Å²) in [7, 11) is 1.60. The summed E-state index contributed by atoms with van der Waals surface area (Å²) < 4.78 is 11.0. The van der Waals surface area contributed by atoms with Gasteiger partial charge >= 0.3 is 6.03 Å². The van der Waals surface area contributed by atoms with Crippen LogP contribution >= 0.6 is 0 Å². The van der Waals surface area contributed by atoms with Crippen LogP contribution in [0.4, 0.5) is 16.6 Å². The second-order valence-corrected chi connectivity index (χ2v) is 21.6. The van der Waals surface area contributed by atoms with E-state index in [9.17, 15) is 19.5 Å². The summed E-state index contributed by atoms with van der Waals surface area (Å²) in [5.41, 5.74) is 19.0. The third kappa shape index (κ3) is 10.3. The van der Waals surface area contributed by atoms with E-state index < -0.39 is 17.5 Å². The van der Waals surface area contributed by atoms with Crippen molar-refractivity contribution in [3.63, 3.8) is 0 Å². The fraction of sp³-hybridized carbons (Fsp3) is 0.537. The molecule has 3 aromatic rings. The second kappa shape index (κ2) is 20.8. The number of H-pyrrole nitrogens is 1. The number of piperidine rings is 1. The number of benzene rings is 1. The fourth-order valence-corrected chi connectivity index (χ4v) is 11.7. The highest BCUT2D eigenvalue weighted by molar-refractivity contribution is 5.93. The monoisotopic (exact) mass is 985 g/mol. The molecule has 1 aliphatic carbocycles. The lowest BCUT2D eigenvalue weighted by atomic mass is 9.60. The number of phenolic OH excluding ortho intramolecular Hbond substituents is 1. The fourth-order valence-electron chi connectivity index (χ4n) is 11.7. The van der Waals surface area contributed by atoms with Gasteiger partial charge in [-0.3, -0.25) is 9.59 Å². The molecule has 4 fully saturated rings. The van der Waals surface area contributed by atoms with Gasteiger partial charge in [0.2, 0.25) is 17.8 Å². The van der Waals surface area contributed by atoms with Crippen molar-refractivity contribution in [3.8, 4) is 18.1 Å². The first-order valence-corrected chi connectivity index (χ1v) is 25.5. The summed E-state index contributed by atoms with van der Waals surface area (Å²) in [4.78, 5) is 63.2. The van der Waals surface area contributed by atoms with Crippen molar-refractivity contribution >= 4 is 41.4 Å². The third-order valence-corrected chi connectivity index (χ3v) is 15.8. The number of carbonyl (C=O) groups excluding carboxylic acids is 3. The van der Waals surface area contributed by atoms with Gasteiger partial charge in [0.25, 0.3) is 0 Å². The number of ether oxygens (including phenoxy) is 2. The van der Waals surface area contributed by atoms with Crippen LogP contribution in [-0.2, 0) is 25.5 Å². The number of nitrogens with one attached hydrogen (secondary N) is 4. The number of amides is 4. The molecule has 0 radical (unpaired) electrons. The zero-order valence-electron chi connectivity index (χ0n) is 42.4. The SMILES string of the molecule is C#CC1=CC(OCCOC)=C(CNC(=O)C2CCCN2C(=O)C(NC(=O)N2CC3(CC(N4CCC(c5cnc(N6CCc7[nH]c(N)c(/C=C(\N)c8ccccc8O)c7C6C)nc5)CC4)C3)C2)C(C)(C)C)NC1. The standard InChI is InChI=1S/C54H72N12O6/c1-7-34-23-45(72-22-21-71-6)42(57-27-34)30-58-49(68)43-12-10-17-66(43)50(69)47(53(3,4)5)62-52(70)64-31-54(32-64)25-37(26-54)63-18-14-35(15-19-63)36-28-59-51(60-29-36)65-20-16-41-46(33(65)2)39(48(56)61-41)24-40(55)38-11-8-9-13-44(38)67/h1,8-9,11,13,23-24,28-29,33,35,37,43,47,57,61,67H,10,12,14-22,25-27,30-32,55-56H2,2-6H3,(H,58,68)(H,62,70)/b40-24-. The quantitative estimate of drug-likeness (QED) is 0.0867. The minimum atomic E-state index is -0.803. The average molecular weight is 985 g/mol. The van der Waals surface area contributed by atoms with Gasteiger partial charge in [-0.05, 0) is 99.7 Å². The molecule has 1 spiro atoms. The molecule has 18 nitrogen and oxygen atoms in total. The number of likely N-dealkylation sites (tertiary alicyclic amines) is 3. The first kappa shape index (κ1) is 50.2. The molecule has 72 heavy (non-hydrogen) atoms. The molecule has 4 amide bonds. The average Bonchev–Trinajstić information content (AvgIpc) is 3.96. The van der Waals surface area contributed by atoms with E-state index in [1.165, 1.54) is 0 Å². The molecule has 1 aromatic carbocycles. The number of aromatic amines is 1. The first-order valence-electron chi connectivity index (χ1n) is 25.5. The number of allylic oxidation sites excluding steroid dienone is 1. The number of nitrogens with zero attached hydrogens (tertiary/aromatic N) is 6. The van der Waals surface area contributed by atoms with Crippen LogP contribution in [0.25, 0.3) is 11.8 Å². The molecule has 3 saturated heterocycles. The van der Waals surface area contributed by atoms with Gasteiger partial charge in [0.15, 0.2) is 0 Å². The molecular weight excluding hydrogens is 913 g/mol. The summed E-state index contributed by atoms with van der Waals surface area (Å²) in [6.45, 7) is 13.9. The van der Waals surface area contributed by atoms with E-state index >= 15 is 0 Å². The lowest BCUT2D eigenvalue weighted by Crippen LogP contribution is -2.70. The Morgan fingerprint density at radius 2 is 1.81 bits per heavy atom. The number of carbonyl (C=O) groups is 3. The van der Waals surface area contributed by atoms with Gasteiger partial charge in [0.1, 0.15) is 36.0 Å². The van der Waals surface area contributed by atoms with Crippen LogP contribution in [0.1, 0.15) is 106 Å². The lowest BCUT2D eigenvalue weighted by molar-refractivity contribution is -0.142. The highest BCUT2D eigenvalue weighted by Gasteiger charge is 2.56. The number of para-hydroxylation sites is 1. The Morgan fingerprint density at radius 3 is 2.50 bits per heavy atom. The number of terminal acetylenes is 1. The normalized spacial score (nSPS) is 22.0. The maximum absolute atomic E-state index is 14.3. The molecule has 5 aliphatic heterocycles. The Hall–Kier alpha value is -6.71. The molecule has 9 rings (SSSR count). The van der Waals surface area contributed by atoms with Crippen LogP contribution in [0.15, 0.2) is 59.8 Å². The van der Waals surface area contributed by atoms with E-state index in [1.54, 1.807) is 36.3 Å². The topological polar surface area (TPSA) is 233 Å².